The fourth-order valence-corrected chi connectivity index (χ4v) is 4.72. The molecule has 7 nitrogen and oxygen atoms in total. The highest BCUT2D eigenvalue weighted by Crippen LogP contribution is 2.25. The lowest BCUT2D eigenvalue weighted by Crippen LogP contribution is -2.46. The SMILES string of the molecule is CC(OC(=O)c1ccccc1SCC(=O)Nc1cccc(C#N)c1)C(=O)NC1CCCCC1C. The summed E-state index contributed by atoms with van der Waals surface area (Å²) in [6, 6.07) is 15.6. The molecule has 0 radical (unpaired) electrons. The van der Waals surface area contributed by atoms with Crippen molar-refractivity contribution in [1.29, 1.82) is 5.26 Å². The summed E-state index contributed by atoms with van der Waals surface area (Å²) in [5.74, 6) is -0.693. The predicted molar refractivity (Wildman–Crippen MR) is 131 cm³/mol. The van der Waals surface area contributed by atoms with Gasteiger partial charge in [0.2, 0.25) is 5.91 Å². The average Bonchev–Trinajstić information content (AvgIpc) is 2.84. The third-order valence-corrected chi connectivity index (χ3v) is 6.91. The molecule has 3 unspecified atom stereocenters. The Balaban J connectivity index is 1.56. The van der Waals surface area contributed by atoms with E-state index < -0.39 is 12.1 Å². The molecule has 0 heterocycles. The second-order valence-electron chi connectivity index (χ2n) is 8.45. The zero-order valence-corrected chi connectivity index (χ0v) is 20.2. The van der Waals surface area contributed by atoms with Crippen molar-refractivity contribution < 1.29 is 19.1 Å². The Morgan fingerprint density at radius 2 is 1.91 bits per heavy atom. The zero-order valence-electron chi connectivity index (χ0n) is 19.4. The van der Waals surface area contributed by atoms with Crippen LogP contribution in [0.15, 0.2) is 53.4 Å². The van der Waals surface area contributed by atoms with Gasteiger partial charge in [-0.3, -0.25) is 9.59 Å². The number of amides is 2. The second-order valence-corrected chi connectivity index (χ2v) is 9.47. The van der Waals surface area contributed by atoms with Crippen LogP contribution in [-0.2, 0) is 14.3 Å². The number of nitriles is 1. The highest BCUT2D eigenvalue weighted by molar-refractivity contribution is 8.00. The Labute approximate surface area is 204 Å². The average molecular weight is 480 g/mol. The zero-order chi connectivity index (χ0) is 24.5. The van der Waals surface area contributed by atoms with Crippen molar-refractivity contribution >= 4 is 35.2 Å². The number of ether oxygens (including phenoxy) is 1. The van der Waals surface area contributed by atoms with Crippen LogP contribution >= 0.6 is 11.8 Å². The molecule has 1 aliphatic rings. The number of esters is 1. The summed E-state index contributed by atoms with van der Waals surface area (Å²) in [7, 11) is 0. The number of thioether (sulfide) groups is 1. The number of nitrogens with zero attached hydrogens (tertiary/aromatic N) is 1. The summed E-state index contributed by atoms with van der Waals surface area (Å²) in [6.07, 6.45) is 3.37. The summed E-state index contributed by atoms with van der Waals surface area (Å²) in [4.78, 5) is 38.3. The summed E-state index contributed by atoms with van der Waals surface area (Å²) in [6.45, 7) is 3.70. The van der Waals surface area contributed by atoms with Crippen molar-refractivity contribution in [2.24, 2.45) is 5.92 Å². The van der Waals surface area contributed by atoms with E-state index >= 15 is 0 Å². The molecule has 2 amide bonds. The first-order valence-electron chi connectivity index (χ1n) is 11.4. The molecule has 8 heteroatoms. The summed E-state index contributed by atoms with van der Waals surface area (Å²) >= 11 is 1.20. The van der Waals surface area contributed by atoms with E-state index in [1.165, 1.54) is 18.2 Å². The first-order valence-corrected chi connectivity index (χ1v) is 12.4. The van der Waals surface area contributed by atoms with Crippen LogP contribution in [0.5, 0.6) is 0 Å². The number of nitrogens with one attached hydrogen (secondary N) is 2. The number of hydrogen-bond acceptors (Lipinski definition) is 6. The molecule has 3 atom stereocenters. The van der Waals surface area contributed by atoms with Gasteiger partial charge in [-0.15, -0.1) is 11.8 Å². The number of hydrogen-bond donors (Lipinski definition) is 2. The fraction of sp³-hybridized carbons (Fsp3) is 0.385. The van der Waals surface area contributed by atoms with Gasteiger partial charge in [-0.05, 0) is 56.0 Å². The van der Waals surface area contributed by atoms with E-state index in [4.69, 9.17) is 10.00 Å². The van der Waals surface area contributed by atoms with E-state index in [1.807, 2.05) is 6.07 Å². The van der Waals surface area contributed by atoms with Crippen molar-refractivity contribution in [3.8, 4) is 6.07 Å². The Kier molecular flexibility index (Phi) is 9.11. The normalized spacial score (nSPS) is 18.3. The monoisotopic (exact) mass is 479 g/mol. The smallest absolute Gasteiger partial charge is 0.340 e. The van der Waals surface area contributed by atoms with Crippen molar-refractivity contribution in [2.75, 3.05) is 11.1 Å². The molecule has 2 N–H and O–H groups in total. The first kappa shape index (κ1) is 25.3. The highest BCUT2D eigenvalue weighted by atomic mass is 32.2. The van der Waals surface area contributed by atoms with Crippen molar-refractivity contribution in [3.05, 3.63) is 59.7 Å². The molecule has 2 aromatic rings. The maximum atomic E-state index is 12.8. The van der Waals surface area contributed by atoms with Gasteiger partial charge >= 0.3 is 5.97 Å². The molecule has 2 aromatic carbocycles. The molecule has 0 aliphatic heterocycles. The van der Waals surface area contributed by atoms with Gasteiger partial charge in [-0.2, -0.15) is 5.26 Å². The van der Waals surface area contributed by atoms with E-state index in [1.54, 1.807) is 55.5 Å². The first-order chi connectivity index (χ1) is 16.4. The van der Waals surface area contributed by atoms with Crippen LogP contribution in [-0.4, -0.2) is 35.7 Å². The molecular formula is C26H29N3O4S. The van der Waals surface area contributed by atoms with Crippen LogP contribution in [0.3, 0.4) is 0 Å². The Morgan fingerprint density at radius 1 is 1.15 bits per heavy atom. The van der Waals surface area contributed by atoms with Crippen LogP contribution in [0.4, 0.5) is 5.69 Å². The van der Waals surface area contributed by atoms with E-state index in [9.17, 15) is 14.4 Å². The second kappa shape index (κ2) is 12.2. The maximum Gasteiger partial charge on any atom is 0.340 e. The molecule has 0 spiro atoms. The Hall–Kier alpha value is -3.31. The Morgan fingerprint density at radius 3 is 2.68 bits per heavy atom. The van der Waals surface area contributed by atoms with Crippen LogP contribution in [0.2, 0.25) is 0 Å². The van der Waals surface area contributed by atoms with E-state index in [0.717, 1.165) is 19.3 Å². The van der Waals surface area contributed by atoms with Gasteiger partial charge in [0.15, 0.2) is 6.10 Å². The number of carbonyl (C=O) groups is 3. The molecule has 0 aromatic heterocycles. The van der Waals surface area contributed by atoms with E-state index in [2.05, 4.69) is 17.6 Å². The number of anilines is 1. The van der Waals surface area contributed by atoms with Crippen LogP contribution in [0, 0.1) is 17.2 Å². The molecule has 1 aliphatic carbocycles. The molecule has 178 valence electrons. The fourth-order valence-electron chi connectivity index (χ4n) is 3.88. The number of rotatable bonds is 8. The lowest BCUT2D eigenvalue weighted by molar-refractivity contribution is -0.130. The molecule has 34 heavy (non-hydrogen) atoms. The van der Waals surface area contributed by atoms with Crippen LogP contribution in [0.25, 0.3) is 0 Å². The van der Waals surface area contributed by atoms with Crippen LogP contribution < -0.4 is 10.6 Å². The summed E-state index contributed by atoms with van der Waals surface area (Å²) < 4.78 is 5.45. The molecule has 0 bridgehead atoms. The number of carbonyl (C=O) groups excluding carboxylic acids is 3. The molecule has 1 saturated carbocycles. The number of benzene rings is 2. The van der Waals surface area contributed by atoms with E-state index in [-0.39, 0.29) is 23.6 Å². The lowest BCUT2D eigenvalue weighted by atomic mass is 9.86. The minimum atomic E-state index is -0.921. The summed E-state index contributed by atoms with van der Waals surface area (Å²) in [5.41, 5.74) is 1.29. The summed E-state index contributed by atoms with van der Waals surface area (Å²) in [5, 5.41) is 14.7. The molecule has 3 rings (SSSR count). The third-order valence-electron chi connectivity index (χ3n) is 5.83. The molecular weight excluding hydrogens is 450 g/mol. The highest BCUT2D eigenvalue weighted by Gasteiger charge is 2.27. The van der Waals surface area contributed by atoms with Gasteiger partial charge in [0.1, 0.15) is 0 Å². The van der Waals surface area contributed by atoms with Gasteiger partial charge in [0.25, 0.3) is 5.91 Å². The van der Waals surface area contributed by atoms with Crippen molar-refractivity contribution in [1.82, 2.24) is 5.32 Å². The predicted octanol–water partition coefficient (Wildman–Crippen LogP) is 4.53. The largest absolute Gasteiger partial charge is 0.449 e. The minimum absolute atomic E-state index is 0.0662. The third kappa shape index (κ3) is 7.09. The van der Waals surface area contributed by atoms with Gasteiger partial charge in [0.05, 0.1) is 22.9 Å². The van der Waals surface area contributed by atoms with Crippen LogP contribution in [0.1, 0.15) is 55.5 Å². The van der Waals surface area contributed by atoms with Gasteiger partial charge < -0.3 is 15.4 Å². The maximum absolute atomic E-state index is 12.8. The van der Waals surface area contributed by atoms with Gasteiger partial charge in [-0.1, -0.05) is 38.0 Å². The lowest BCUT2D eigenvalue weighted by Gasteiger charge is -2.30. The molecule has 0 saturated heterocycles. The van der Waals surface area contributed by atoms with Crippen molar-refractivity contribution in [3.63, 3.8) is 0 Å². The van der Waals surface area contributed by atoms with E-state index in [0.29, 0.717) is 27.6 Å². The Bertz CT molecular complexity index is 1080. The van der Waals surface area contributed by atoms with Gasteiger partial charge in [0, 0.05) is 16.6 Å². The molecule has 1 fully saturated rings. The minimum Gasteiger partial charge on any atom is -0.449 e. The van der Waals surface area contributed by atoms with Gasteiger partial charge in [-0.25, -0.2) is 4.79 Å². The standard InChI is InChI=1S/C26H29N3O4S/c1-17-8-3-5-12-22(17)29-25(31)18(2)33-26(32)21-11-4-6-13-23(21)34-16-24(30)28-20-10-7-9-19(14-20)15-27/h4,6-7,9-11,13-14,17-18,22H,3,5,8,12,16H2,1-2H3,(H,28,30)(H,29,31). The van der Waals surface area contributed by atoms with Crippen molar-refractivity contribution in [2.45, 2.75) is 56.6 Å². The quantitative estimate of drug-likeness (QED) is 0.425. The topological polar surface area (TPSA) is 108 Å².